The molecule has 3 N–H and O–H groups in total. The Morgan fingerprint density at radius 3 is 2.80 bits per heavy atom. The van der Waals surface area contributed by atoms with E-state index in [0.29, 0.717) is 4.47 Å². The van der Waals surface area contributed by atoms with Gasteiger partial charge in [-0.15, -0.1) is 11.3 Å². The summed E-state index contributed by atoms with van der Waals surface area (Å²) in [5.74, 6) is -0.862. The van der Waals surface area contributed by atoms with Gasteiger partial charge in [-0.2, -0.15) is 0 Å². The van der Waals surface area contributed by atoms with Gasteiger partial charge in [0.2, 0.25) is 10.0 Å². The second-order valence-electron chi connectivity index (χ2n) is 3.97. The minimum absolute atomic E-state index is 0.0588. The molecular weight excluding hydrogens is 369 g/mol. The fourth-order valence-electron chi connectivity index (χ4n) is 1.48. The molecule has 0 fully saturated rings. The smallest absolute Gasteiger partial charge is 0.243 e. The van der Waals surface area contributed by atoms with Crippen molar-refractivity contribution in [3.05, 3.63) is 38.5 Å². The van der Waals surface area contributed by atoms with Gasteiger partial charge in [-0.25, -0.2) is 22.5 Å². The molecule has 1 heterocycles. The molecule has 0 amide bonds. The lowest BCUT2D eigenvalue weighted by Gasteiger charge is -2.08. The van der Waals surface area contributed by atoms with Crippen LogP contribution in [0, 0.1) is 12.7 Å². The summed E-state index contributed by atoms with van der Waals surface area (Å²) in [5.41, 5.74) is 5.74. The van der Waals surface area contributed by atoms with Crippen molar-refractivity contribution in [3.63, 3.8) is 0 Å². The normalized spacial score (nSPS) is 11.8. The molecule has 0 unspecified atom stereocenters. The van der Waals surface area contributed by atoms with E-state index in [2.05, 4.69) is 25.6 Å². The van der Waals surface area contributed by atoms with E-state index in [0.717, 1.165) is 22.0 Å². The Morgan fingerprint density at radius 2 is 2.20 bits per heavy atom. The standard InChI is InChI=1S/C11H11BrFN3O2S2/c1-6-15-4-7(19-6)5-16-20(17,18)11-3-10(14)8(12)2-9(11)13/h2-4,16H,5,14H2,1H3. The van der Waals surface area contributed by atoms with Gasteiger partial charge >= 0.3 is 0 Å². The van der Waals surface area contributed by atoms with Crippen molar-refractivity contribution >= 4 is 43.0 Å². The zero-order valence-electron chi connectivity index (χ0n) is 10.4. The predicted molar refractivity (Wildman–Crippen MR) is 79.4 cm³/mol. The highest BCUT2D eigenvalue weighted by Crippen LogP contribution is 2.26. The van der Waals surface area contributed by atoms with Crippen molar-refractivity contribution < 1.29 is 12.8 Å². The maximum Gasteiger partial charge on any atom is 0.243 e. The maximum atomic E-state index is 13.7. The van der Waals surface area contributed by atoms with Crippen LogP contribution >= 0.6 is 27.3 Å². The van der Waals surface area contributed by atoms with Crippen LogP contribution in [0.15, 0.2) is 27.7 Å². The molecule has 0 aliphatic rings. The summed E-state index contributed by atoms with van der Waals surface area (Å²) in [5, 5.41) is 0.832. The molecule has 1 aromatic carbocycles. The van der Waals surface area contributed by atoms with Crippen LogP contribution in [-0.2, 0) is 16.6 Å². The van der Waals surface area contributed by atoms with Crippen molar-refractivity contribution in [2.75, 3.05) is 5.73 Å². The molecule has 1 aromatic heterocycles. The molecule has 0 aliphatic carbocycles. The second kappa shape index (κ2) is 5.76. The topological polar surface area (TPSA) is 85.1 Å². The zero-order chi connectivity index (χ0) is 14.9. The van der Waals surface area contributed by atoms with Gasteiger partial charge in [-0.3, -0.25) is 0 Å². The van der Waals surface area contributed by atoms with Gasteiger partial charge in [0.25, 0.3) is 0 Å². The molecule has 2 rings (SSSR count). The van der Waals surface area contributed by atoms with Crippen LogP contribution in [0.1, 0.15) is 9.88 Å². The van der Waals surface area contributed by atoms with Crippen molar-refractivity contribution in [2.24, 2.45) is 0 Å². The van der Waals surface area contributed by atoms with Gasteiger partial charge in [-0.1, -0.05) is 0 Å². The Labute approximate surface area is 128 Å². The summed E-state index contributed by atoms with van der Waals surface area (Å²) >= 11 is 4.41. The van der Waals surface area contributed by atoms with Crippen LogP contribution in [0.3, 0.4) is 0 Å². The molecule has 0 aliphatic heterocycles. The number of hydrogen-bond acceptors (Lipinski definition) is 5. The lowest BCUT2D eigenvalue weighted by atomic mass is 10.3. The van der Waals surface area contributed by atoms with Crippen LogP contribution in [-0.4, -0.2) is 13.4 Å². The Morgan fingerprint density at radius 1 is 1.50 bits per heavy atom. The van der Waals surface area contributed by atoms with E-state index in [1.54, 1.807) is 6.20 Å². The van der Waals surface area contributed by atoms with Gasteiger partial charge in [0.1, 0.15) is 10.7 Å². The minimum atomic E-state index is -3.97. The van der Waals surface area contributed by atoms with Crippen molar-refractivity contribution in [1.82, 2.24) is 9.71 Å². The van der Waals surface area contributed by atoms with Crippen LogP contribution in [0.25, 0.3) is 0 Å². The van der Waals surface area contributed by atoms with Crippen molar-refractivity contribution in [2.45, 2.75) is 18.4 Å². The molecule has 108 valence electrons. The molecule has 5 nitrogen and oxygen atoms in total. The van der Waals surface area contributed by atoms with E-state index in [9.17, 15) is 12.8 Å². The number of aromatic nitrogens is 1. The third-order valence-corrected chi connectivity index (χ3v) is 5.46. The second-order valence-corrected chi connectivity index (χ2v) is 7.88. The maximum absolute atomic E-state index is 13.7. The summed E-state index contributed by atoms with van der Waals surface area (Å²) < 4.78 is 40.5. The van der Waals surface area contributed by atoms with E-state index in [4.69, 9.17) is 5.73 Å². The number of anilines is 1. The Hall–Kier alpha value is -1.03. The van der Waals surface area contributed by atoms with Gasteiger partial charge in [-0.05, 0) is 35.0 Å². The highest BCUT2D eigenvalue weighted by atomic mass is 79.9. The van der Waals surface area contributed by atoms with Crippen LogP contribution in [0.2, 0.25) is 0 Å². The van der Waals surface area contributed by atoms with E-state index in [1.807, 2.05) is 6.92 Å². The molecule has 0 saturated heterocycles. The summed E-state index contributed by atoms with van der Waals surface area (Å²) in [7, 11) is -3.97. The summed E-state index contributed by atoms with van der Waals surface area (Å²) in [6.07, 6.45) is 1.58. The van der Waals surface area contributed by atoms with Crippen molar-refractivity contribution in [3.8, 4) is 0 Å². The van der Waals surface area contributed by atoms with Crippen LogP contribution in [0.5, 0.6) is 0 Å². The first-order valence-corrected chi connectivity index (χ1v) is 8.54. The Balaban J connectivity index is 2.24. The van der Waals surface area contributed by atoms with Crippen molar-refractivity contribution in [1.29, 1.82) is 0 Å². The molecule has 9 heteroatoms. The summed E-state index contributed by atoms with van der Waals surface area (Å²) in [4.78, 5) is 4.29. The number of benzene rings is 1. The lowest BCUT2D eigenvalue weighted by molar-refractivity contribution is 0.557. The highest BCUT2D eigenvalue weighted by molar-refractivity contribution is 9.10. The van der Waals surface area contributed by atoms with Gasteiger partial charge in [0.05, 0.1) is 5.01 Å². The zero-order valence-corrected chi connectivity index (χ0v) is 13.6. The third kappa shape index (κ3) is 3.35. The minimum Gasteiger partial charge on any atom is -0.398 e. The van der Waals surface area contributed by atoms with Gasteiger partial charge in [0, 0.05) is 27.8 Å². The van der Waals surface area contributed by atoms with E-state index >= 15 is 0 Å². The quantitative estimate of drug-likeness (QED) is 0.798. The van der Waals surface area contributed by atoms with Crippen LogP contribution in [0.4, 0.5) is 10.1 Å². The number of halogens is 2. The molecule has 0 saturated carbocycles. The molecule has 0 radical (unpaired) electrons. The number of nitrogens with zero attached hydrogens (tertiary/aromatic N) is 1. The fourth-order valence-corrected chi connectivity index (χ4v) is 3.72. The molecule has 0 atom stereocenters. The Kier molecular flexibility index (Phi) is 4.43. The highest BCUT2D eigenvalue weighted by Gasteiger charge is 2.20. The number of rotatable bonds is 4. The molecule has 20 heavy (non-hydrogen) atoms. The number of sulfonamides is 1. The average Bonchev–Trinajstić information content (AvgIpc) is 2.77. The number of hydrogen-bond donors (Lipinski definition) is 2. The average molecular weight is 380 g/mol. The monoisotopic (exact) mass is 379 g/mol. The first-order chi connectivity index (χ1) is 9.29. The molecule has 0 bridgehead atoms. The van der Waals surface area contributed by atoms with E-state index < -0.39 is 20.7 Å². The number of aryl methyl sites for hydroxylation is 1. The number of nitrogens with one attached hydrogen (secondary N) is 1. The first kappa shape index (κ1) is 15.4. The predicted octanol–water partition coefficient (Wildman–Crippen LogP) is 2.41. The van der Waals surface area contributed by atoms with E-state index in [1.165, 1.54) is 11.3 Å². The Bertz CT molecular complexity index is 746. The fraction of sp³-hybridized carbons (Fsp3) is 0.182. The third-order valence-electron chi connectivity index (χ3n) is 2.45. The lowest BCUT2D eigenvalue weighted by Crippen LogP contribution is -2.24. The first-order valence-electron chi connectivity index (χ1n) is 5.45. The number of nitrogen functional groups attached to an aromatic ring is 1. The van der Waals surface area contributed by atoms with Gasteiger partial charge in [0.15, 0.2) is 0 Å². The number of thiazole rings is 1. The van der Waals surface area contributed by atoms with E-state index in [-0.39, 0.29) is 12.2 Å². The molecule has 0 spiro atoms. The molecule has 2 aromatic rings. The summed E-state index contributed by atoms with van der Waals surface area (Å²) in [6, 6.07) is 2.11. The number of nitrogens with two attached hydrogens (primary N) is 1. The largest absolute Gasteiger partial charge is 0.398 e. The summed E-state index contributed by atoms with van der Waals surface area (Å²) in [6.45, 7) is 1.88. The van der Waals surface area contributed by atoms with Crippen LogP contribution < -0.4 is 10.5 Å². The van der Waals surface area contributed by atoms with Gasteiger partial charge < -0.3 is 5.73 Å². The molecular formula is C11H11BrFN3O2S2. The SMILES string of the molecule is Cc1ncc(CNS(=O)(=O)c2cc(N)c(Br)cc2F)s1.